The van der Waals surface area contributed by atoms with Gasteiger partial charge in [-0.25, -0.2) is 8.42 Å². The molecular formula is C24H29F3N2O3S. The fourth-order valence-electron chi connectivity index (χ4n) is 4.15. The molecule has 33 heavy (non-hydrogen) atoms. The predicted molar refractivity (Wildman–Crippen MR) is 120 cm³/mol. The molecule has 2 aromatic rings. The fraction of sp³-hybridized carbons (Fsp3) is 0.458. The first-order valence-electron chi connectivity index (χ1n) is 11.0. The van der Waals surface area contributed by atoms with Crippen LogP contribution in [0.3, 0.4) is 0 Å². The molecule has 3 rings (SSSR count). The lowest BCUT2D eigenvalue weighted by atomic mass is 9.99. The minimum atomic E-state index is -4.45. The zero-order chi connectivity index (χ0) is 24.6. The fourth-order valence-corrected chi connectivity index (χ4v) is 5.83. The van der Waals surface area contributed by atoms with E-state index in [9.17, 15) is 26.4 Å². The van der Waals surface area contributed by atoms with Crippen LogP contribution in [0.25, 0.3) is 0 Å². The van der Waals surface area contributed by atoms with Gasteiger partial charge in [-0.1, -0.05) is 39.0 Å². The average molecular weight is 483 g/mol. The molecule has 0 saturated carbocycles. The minimum absolute atomic E-state index is 0.0278. The Kier molecular flexibility index (Phi) is 7.24. The SMILES string of the molecule is CCN([C@@H](C)c1ccc(C(F)(F)F)cc1)S(=O)(=O)c1ccc2c(c1)CN(C(=O)C(C)C)CC2. The second-order valence-corrected chi connectivity index (χ2v) is 10.5. The first-order chi connectivity index (χ1) is 15.4. The number of carbonyl (C=O) groups is 1. The van der Waals surface area contributed by atoms with E-state index in [4.69, 9.17) is 0 Å². The van der Waals surface area contributed by atoms with Crippen LogP contribution in [0.15, 0.2) is 47.4 Å². The summed E-state index contributed by atoms with van der Waals surface area (Å²) in [5, 5.41) is 0. The summed E-state index contributed by atoms with van der Waals surface area (Å²) in [7, 11) is -3.92. The third kappa shape index (κ3) is 5.24. The van der Waals surface area contributed by atoms with E-state index in [0.29, 0.717) is 25.1 Å². The standard InChI is InChI=1S/C24H29F3N2O3S/c1-5-29(17(4)18-6-9-21(10-7-18)24(25,26)27)33(31,32)22-11-8-19-12-13-28(15-20(19)14-22)23(30)16(2)3/h6-11,14,16-17H,5,12-13,15H2,1-4H3/t17-/m0/s1. The zero-order valence-electron chi connectivity index (χ0n) is 19.2. The number of amides is 1. The lowest BCUT2D eigenvalue weighted by Crippen LogP contribution is -2.38. The van der Waals surface area contributed by atoms with Crippen LogP contribution in [0.4, 0.5) is 13.2 Å². The highest BCUT2D eigenvalue weighted by Gasteiger charge is 2.33. The number of rotatable bonds is 6. The van der Waals surface area contributed by atoms with Crippen LogP contribution in [-0.4, -0.2) is 36.6 Å². The number of hydrogen-bond donors (Lipinski definition) is 0. The van der Waals surface area contributed by atoms with Gasteiger partial charge in [0.1, 0.15) is 0 Å². The molecule has 9 heteroatoms. The first-order valence-corrected chi connectivity index (χ1v) is 12.4. The van der Waals surface area contributed by atoms with Gasteiger partial charge in [-0.05, 0) is 54.3 Å². The largest absolute Gasteiger partial charge is 0.416 e. The van der Waals surface area contributed by atoms with Crippen molar-refractivity contribution < 1.29 is 26.4 Å². The van der Waals surface area contributed by atoms with Gasteiger partial charge in [0.05, 0.1) is 10.5 Å². The molecule has 0 aliphatic carbocycles. The lowest BCUT2D eigenvalue weighted by Gasteiger charge is -2.31. The predicted octanol–water partition coefficient (Wildman–Crippen LogP) is 5.02. The molecule has 0 saturated heterocycles. The van der Waals surface area contributed by atoms with Gasteiger partial charge < -0.3 is 4.90 Å². The smallest absolute Gasteiger partial charge is 0.338 e. The Morgan fingerprint density at radius 3 is 2.24 bits per heavy atom. The van der Waals surface area contributed by atoms with E-state index in [1.54, 1.807) is 36.9 Å². The number of sulfonamides is 1. The molecule has 0 fully saturated rings. The number of hydrogen-bond acceptors (Lipinski definition) is 3. The van der Waals surface area contributed by atoms with Crippen molar-refractivity contribution in [3.05, 3.63) is 64.7 Å². The Balaban J connectivity index is 1.89. The van der Waals surface area contributed by atoms with Crippen LogP contribution in [0, 0.1) is 5.92 Å². The lowest BCUT2D eigenvalue weighted by molar-refractivity contribution is -0.137. The van der Waals surface area contributed by atoms with E-state index >= 15 is 0 Å². The summed E-state index contributed by atoms with van der Waals surface area (Å²) in [4.78, 5) is 14.3. The summed E-state index contributed by atoms with van der Waals surface area (Å²) in [6.07, 6.45) is -3.79. The van der Waals surface area contributed by atoms with Gasteiger partial charge >= 0.3 is 6.18 Å². The van der Waals surface area contributed by atoms with E-state index < -0.39 is 27.8 Å². The van der Waals surface area contributed by atoms with Crippen LogP contribution in [0.5, 0.6) is 0 Å². The Hall–Kier alpha value is -2.39. The second-order valence-electron chi connectivity index (χ2n) is 8.60. The highest BCUT2D eigenvalue weighted by Crippen LogP contribution is 2.33. The number of benzene rings is 2. The maximum Gasteiger partial charge on any atom is 0.416 e. The van der Waals surface area contributed by atoms with Gasteiger partial charge in [-0.15, -0.1) is 0 Å². The van der Waals surface area contributed by atoms with Crippen molar-refractivity contribution in [2.24, 2.45) is 5.92 Å². The van der Waals surface area contributed by atoms with Crippen molar-refractivity contribution in [1.82, 2.24) is 9.21 Å². The van der Waals surface area contributed by atoms with Crippen molar-refractivity contribution in [3.63, 3.8) is 0 Å². The topological polar surface area (TPSA) is 57.7 Å². The van der Waals surface area contributed by atoms with Gasteiger partial charge in [0.15, 0.2) is 0 Å². The second kappa shape index (κ2) is 9.46. The molecular weight excluding hydrogens is 453 g/mol. The molecule has 1 amide bonds. The maximum atomic E-state index is 13.5. The number of fused-ring (bicyclic) bond motifs is 1. The highest BCUT2D eigenvalue weighted by molar-refractivity contribution is 7.89. The number of alkyl halides is 3. The van der Waals surface area contributed by atoms with Crippen molar-refractivity contribution >= 4 is 15.9 Å². The van der Waals surface area contributed by atoms with Gasteiger partial charge in [0, 0.05) is 31.6 Å². The van der Waals surface area contributed by atoms with Crippen LogP contribution in [0.1, 0.15) is 56.0 Å². The minimum Gasteiger partial charge on any atom is -0.338 e. The summed E-state index contributed by atoms with van der Waals surface area (Å²) in [6.45, 7) is 8.13. The third-order valence-electron chi connectivity index (χ3n) is 6.07. The molecule has 0 aromatic heterocycles. The maximum absolute atomic E-state index is 13.5. The molecule has 0 bridgehead atoms. The van der Waals surface area contributed by atoms with Crippen LogP contribution in [-0.2, 0) is 34.0 Å². The molecule has 0 spiro atoms. The molecule has 1 aliphatic rings. The molecule has 0 unspecified atom stereocenters. The van der Waals surface area contributed by atoms with E-state index in [2.05, 4.69) is 0 Å². The third-order valence-corrected chi connectivity index (χ3v) is 8.11. The average Bonchev–Trinajstić information content (AvgIpc) is 2.77. The van der Waals surface area contributed by atoms with E-state index in [1.807, 2.05) is 13.8 Å². The molecule has 2 aromatic carbocycles. The molecule has 1 atom stereocenters. The normalized spacial score (nSPS) is 15.6. The Bertz CT molecular complexity index is 1110. The summed E-state index contributed by atoms with van der Waals surface area (Å²) in [5.41, 5.74) is 1.51. The quantitative estimate of drug-likeness (QED) is 0.581. The van der Waals surface area contributed by atoms with E-state index in [0.717, 1.165) is 23.3 Å². The summed E-state index contributed by atoms with van der Waals surface area (Å²) in [5.74, 6) is -0.112. The van der Waals surface area contributed by atoms with Gasteiger partial charge in [-0.3, -0.25) is 4.79 Å². The monoisotopic (exact) mass is 482 g/mol. The molecule has 5 nitrogen and oxygen atoms in total. The molecule has 0 radical (unpaired) electrons. The highest BCUT2D eigenvalue weighted by atomic mass is 32.2. The number of halogens is 3. The van der Waals surface area contributed by atoms with Crippen molar-refractivity contribution in [1.29, 1.82) is 0 Å². The number of carbonyl (C=O) groups excluding carboxylic acids is 1. The van der Waals surface area contributed by atoms with Crippen LogP contribution in [0.2, 0.25) is 0 Å². The molecule has 1 heterocycles. The van der Waals surface area contributed by atoms with Crippen LogP contribution >= 0.6 is 0 Å². The van der Waals surface area contributed by atoms with E-state index in [1.165, 1.54) is 16.4 Å². The van der Waals surface area contributed by atoms with Crippen LogP contribution < -0.4 is 0 Å². The Labute approximate surface area is 193 Å². The Morgan fingerprint density at radius 2 is 1.70 bits per heavy atom. The van der Waals surface area contributed by atoms with E-state index in [-0.39, 0.29) is 23.3 Å². The zero-order valence-corrected chi connectivity index (χ0v) is 20.0. The summed E-state index contributed by atoms with van der Waals surface area (Å²) >= 11 is 0. The number of nitrogens with zero attached hydrogens (tertiary/aromatic N) is 2. The van der Waals surface area contributed by atoms with Crippen molar-refractivity contribution in [2.75, 3.05) is 13.1 Å². The molecule has 1 aliphatic heterocycles. The summed E-state index contributed by atoms with van der Waals surface area (Å²) in [6, 6.07) is 8.87. The van der Waals surface area contributed by atoms with Crippen molar-refractivity contribution in [3.8, 4) is 0 Å². The molecule has 180 valence electrons. The Morgan fingerprint density at radius 1 is 1.06 bits per heavy atom. The summed E-state index contributed by atoms with van der Waals surface area (Å²) < 4.78 is 66.9. The molecule has 0 N–H and O–H groups in total. The van der Waals surface area contributed by atoms with Gasteiger partial charge in [0.25, 0.3) is 0 Å². The first kappa shape index (κ1) is 25.2. The van der Waals surface area contributed by atoms with Gasteiger partial charge in [-0.2, -0.15) is 17.5 Å². The van der Waals surface area contributed by atoms with Crippen molar-refractivity contribution in [2.45, 2.75) is 57.8 Å². The van der Waals surface area contributed by atoms with Gasteiger partial charge in [0.2, 0.25) is 15.9 Å².